The molecule has 0 fully saturated rings. The Morgan fingerprint density at radius 1 is 0.800 bits per heavy atom. The van der Waals surface area contributed by atoms with Crippen LogP contribution in [0, 0.1) is 32.8 Å². The third kappa shape index (κ3) is 5.24. The fraction of sp³-hybridized carbons (Fsp3) is 0.0968. The molecule has 6 aromatic rings. The van der Waals surface area contributed by atoms with Crippen molar-refractivity contribution in [2.75, 3.05) is 0 Å². The summed E-state index contributed by atoms with van der Waals surface area (Å²) < 4.78 is 50.7. The van der Waals surface area contributed by atoms with Crippen LogP contribution in [0.3, 0.4) is 0 Å². The first kappa shape index (κ1) is 17.8. The second-order valence-corrected chi connectivity index (χ2v) is 7.78. The Morgan fingerprint density at radius 3 is 2.49 bits per heavy atom. The molecule has 1 radical (unpaired) electrons. The van der Waals surface area contributed by atoms with Crippen molar-refractivity contribution in [2.45, 2.75) is 20.6 Å². The Hall–Kier alpha value is -3.59. The number of hydrogen-bond donors (Lipinski definition) is 0. The van der Waals surface area contributed by atoms with Crippen LogP contribution in [0.2, 0.25) is 0 Å². The average molecular weight is 639 g/mol. The number of pyridine rings is 2. The molecular weight excluding hydrogens is 609 g/mol. The van der Waals surface area contributed by atoms with Gasteiger partial charge in [-0.3, -0.25) is 0 Å². The van der Waals surface area contributed by atoms with Gasteiger partial charge in [0.1, 0.15) is 5.58 Å². The molecular formula is C31H24IrN2O-2. The van der Waals surface area contributed by atoms with E-state index in [4.69, 9.17) is 12.6 Å². The summed E-state index contributed by atoms with van der Waals surface area (Å²) in [5, 5.41) is 1.99. The minimum absolute atomic E-state index is 0. The van der Waals surface area contributed by atoms with E-state index in [0.717, 1.165) is 33.2 Å². The van der Waals surface area contributed by atoms with E-state index in [1.807, 2.05) is 60.7 Å². The minimum atomic E-state index is -2.17. The van der Waals surface area contributed by atoms with Gasteiger partial charge in [-0.15, -0.1) is 54.1 Å². The summed E-state index contributed by atoms with van der Waals surface area (Å²) in [6, 6.07) is 30.1. The number of fused-ring (bicyclic) bond motifs is 3. The van der Waals surface area contributed by atoms with Crippen molar-refractivity contribution in [3.8, 4) is 22.5 Å². The number of aryl methyl sites for hydroxylation is 3. The van der Waals surface area contributed by atoms with E-state index in [9.17, 15) is 0 Å². The summed E-state index contributed by atoms with van der Waals surface area (Å²) in [4.78, 5) is 8.49. The van der Waals surface area contributed by atoms with Gasteiger partial charge in [0.2, 0.25) is 0 Å². The Labute approximate surface area is 227 Å². The molecule has 0 spiro atoms. The molecule has 3 nitrogen and oxygen atoms in total. The number of benzene rings is 3. The first-order valence-corrected chi connectivity index (χ1v) is 10.8. The van der Waals surface area contributed by atoms with Gasteiger partial charge in [-0.2, -0.15) is 0 Å². The second kappa shape index (κ2) is 10.8. The maximum absolute atomic E-state index is 7.55. The first-order chi connectivity index (χ1) is 19.0. The Balaban J connectivity index is 0.000000193. The largest absolute Gasteiger partial charge is 0.501 e. The Bertz CT molecular complexity index is 1800. The molecule has 3 aromatic heterocycles. The minimum Gasteiger partial charge on any atom is -0.501 e. The van der Waals surface area contributed by atoms with E-state index < -0.39 is 13.7 Å². The second-order valence-electron chi connectivity index (χ2n) is 7.78. The standard InChI is InChI=1S/C18H12NO.C13H12N.Ir/c1-12-9-10-19-16(11-12)15-7-4-6-14-13-5-2-3-8-17(13)20-18(14)15;1-10-8-13(14-9-11(10)2)12-6-4-3-5-7-12;/h2-6,8-11H,1H3;3-6,8-9H,1-2H3;/q2*-1;/i1D3;2D3;. The third-order valence-electron chi connectivity index (χ3n) is 5.45. The van der Waals surface area contributed by atoms with Gasteiger partial charge in [0.15, 0.2) is 0 Å². The molecule has 0 aliphatic carbocycles. The summed E-state index contributed by atoms with van der Waals surface area (Å²) in [5.41, 5.74) is 5.57. The van der Waals surface area contributed by atoms with Crippen LogP contribution >= 0.6 is 0 Å². The predicted molar refractivity (Wildman–Crippen MR) is 139 cm³/mol. The monoisotopic (exact) mass is 639 g/mol. The molecule has 35 heavy (non-hydrogen) atoms. The zero-order valence-electron chi connectivity index (χ0n) is 24.8. The molecule has 4 heteroatoms. The molecule has 0 unspecified atom stereocenters. The molecule has 0 aliphatic rings. The summed E-state index contributed by atoms with van der Waals surface area (Å²) in [7, 11) is 0. The summed E-state index contributed by atoms with van der Waals surface area (Å²) in [6.45, 7) is -2.48. The van der Waals surface area contributed by atoms with Crippen molar-refractivity contribution in [3.63, 3.8) is 0 Å². The molecule has 0 aliphatic heterocycles. The maximum atomic E-state index is 7.55. The first-order valence-electron chi connectivity index (χ1n) is 13.8. The van der Waals surface area contributed by atoms with Crippen LogP contribution in [-0.4, -0.2) is 9.97 Å². The van der Waals surface area contributed by atoms with Gasteiger partial charge >= 0.3 is 0 Å². The van der Waals surface area contributed by atoms with E-state index in [1.165, 1.54) is 18.5 Å². The fourth-order valence-corrected chi connectivity index (χ4v) is 3.70. The van der Waals surface area contributed by atoms with Crippen LogP contribution in [-0.2, 0) is 20.1 Å². The SMILES string of the molecule is [2H]C([2H])([2H])c1ccnc(-c2[c-]ccc3c2oc2ccccc23)c1.[2H]C([2H])([2H])c1cnc(-c2[c-]cccc2)cc1C.[Ir]. The quantitative estimate of drug-likeness (QED) is 0.181. The molecule has 0 atom stereocenters. The number of para-hydroxylation sites is 1. The van der Waals surface area contributed by atoms with Crippen LogP contribution < -0.4 is 0 Å². The molecule has 3 aromatic carbocycles. The fourth-order valence-electron chi connectivity index (χ4n) is 3.70. The molecule has 3 heterocycles. The zero-order valence-corrected chi connectivity index (χ0v) is 21.2. The topological polar surface area (TPSA) is 38.9 Å². The van der Waals surface area contributed by atoms with Gasteiger partial charge in [0, 0.05) is 46.1 Å². The number of aromatic nitrogens is 2. The molecule has 0 saturated carbocycles. The van der Waals surface area contributed by atoms with Crippen molar-refractivity contribution in [2.24, 2.45) is 0 Å². The van der Waals surface area contributed by atoms with Gasteiger partial charge in [0.05, 0.1) is 5.58 Å². The van der Waals surface area contributed by atoms with Crippen LogP contribution in [0.5, 0.6) is 0 Å². The van der Waals surface area contributed by atoms with E-state index >= 15 is 0 Å². The predicted octanol–water partition coefficient (Wildman–Crippen LogP) is 7.92. The number of nitrogens with zero attached hydrogens (tertiary/aromatic N) is 2. The summed E-state index contributed by atoms with van der Waals surface area (Å²) in [5.74, 6) is 0. The van der Waals surface area contributed by atoms with E-state index in [2.05, 4.69) is 22.1 Å². The van der Waals surface area contributed by atoms with Crippen LogP contribution in [0.4, 0.5) is 0 Å². The maximum Gasteiger partial charge on any atom is 0.120 e. The van der Waals surface area contributed by atoms with Gasteiger partial charge in [-0.05, 0) is 49.7 Å². The van der Waals surface area contributed by atoms with E-state index in [-0.39, 0.29) is 25.7 Å². The average Bonchev–Trinajstić information content (AvgIpc) is 3.32. The Kier molecular flexibility index (Phi) is 5.48. The van der Waals surface area contributed by atoms with E-state index in [0.29, 0.717) is 22.4 Å². The molecule has 6 rings (SSSR count). The van der Waals surface area contributed by atoms with Gasteiger partial charge in [-0.1, -0.05) is 52.4 Å². The number of furan rings is 1. The number of rotatable bonds is 2. The van der Waals surface area contributed by atoms with Crippen LogP contribution in [0.25, 0.3) is 44.5 Å². The summed E-state index contributed by atoms with van der Waals surface area (Å²) >= 11 is 0. The summed E-state index contributed by atoms with van der Waals surface area (Å²) in [6.07, 6.45) is 2.94. The van der Waals surface area contributed by atoms with E-state index in [1.54, 1.807) is 19.1 Å². The normalized spacial score (nSPS) is 13.7. The molecule has 0 saturated heterocycles. The van der Waals surface area contributed by atoms with Gasteiger partial charge < -0.3 is 14.4 Å². The van der Waals surface area contributed by atoms with Gasteiger partial charge in [0.25, 0.3) is 0 Å². The molecule has 0 N–H and O–H groups in total. The van der Waals surface area contributed by atoms with Crippen LogP contribution in [0.1, 0.15) is 24.9 Å². The third-order valence-corrected chi connectivity index (χ3v) is 5.45. The molecule has 175 valence electrons. The zero-order chi connectivity index (χ0) is 28.5. The van der Waals surface area contributed by atoms with Crippen LogP contribution in [0.15, 0.2) is 95.7 Å². The van der Waals surface area contributed by atoms with Crippen molar-refractivity contribution >= 4 is 21.9 Å². The van der Waals surface area contributed by atoms with Crippen molar-refractivity contribution in [1.82, 2.24) is 9.97 Å². The van der Waals surface area contributed by atoms with Gasteiger partial charge in [-0.25, -0.2) is 0 Å². The van der Waals surface area contributed by atoms with Crippen molar-refractivity contribution < 1.29 is 32.7 Å². The molecule has 0 bridgehead atoms. The van der Waals surface area contributed by atoms with Crippen molar-refractivity contribution in [1.29, 1.82) is 0 Å². The Morgan fingerprint density at radius 2 is 1.69 bits per heavy atom. The smallest absolute Gasteiger partial charge is 0.120 e. The van der Waals surface area contributed by atoms with Crippen molar-refractivity contribution in [3.05, 3.63) is 120 Å². The molecule has 0 amide bonds. The number of hydrogen-bond acceptors (Lipinski definition) is 3.